The van der Waals surface area contributed by atoms with Gasteiger partial charge >= 0.3 is 0 Å². The molecule has 35 heavy (non-hydrogen) atoms. The molecule has 1 spiro atoms. The van der Waals surface area contributed by atoms with Crippen molar-refractivity contribution in [2.24, 2.45) is 11.8 Å². The fourth-order valence-electron chi connectivity index (χ4n) is 6.44. The number of carbonyl (C=O) groups excluding carboxylic acids is 2. The molecule has 1 N–H and O–H groups in total. The summed E-state index contributed by atoms with van der Waals surface area (Å²) in [6, 6.07) is 12.8. The Bertz CT molecular complexity index is 1140. The number of likely N-dealkylation sites (tertiary alicyclic amines) is 1. The van der Waals surface area contributed by atoms with Crippen molar-refractivity contribution in [3.05, 3.63) is 63.9 Å². The molecule has 3 aliphatic rings. The average molecular weight is 544 g/mol. The molecule has 0 unspecified atom stereocenters. The van der Waals surface area contributed by atoms with Gasteiger partial charge in [0.05, 0.1) is 24.5 Å². The zero-order chi connectivity index (χ0) is 24.9. The number of hydrogen-bond donors (Lipinski definition) is 1. The molecule has 186 valence electrons. The van der Waals surface area contributed by atoms with E-state index in [-0.39, 0.29) is 41.1 Å². The maximum Gasteiger partial charge on any atom is 0.228 e. The summed E-state index contributed by atoms with van der Waals surface area (Å²) in [4.78, 5) is 31.5. The molecule has 2 amide bonds. The monoisotopic (exact) mass is 543 g/mol. The van der Waals surface area contributed by atoms with Gasteiger partial charge in [0.1, 0.15) is 0 Å². The van der Waals surface area contributed by atoms with E-state index in [0.717, 1.165) is 28.4 Å². The molecule has 6 nitrogen and oxygen atoms in total. The summed E-state index contributed by atoms with van der Waals surface area (Å²) in [6.07, 6.45) is 1.75. The summed E-state index contributed by atoms with van der Waals surface area (Å²) in [5, 5.41) is 3.11. The quantitative estimate of drug-likeness (QED) is 0.570. The van der Waals surface area contributed by atoms with Crippen molar-refractivity contribution in [1.29, 1.82) is 0 Å². The first kappa shape index (κ1) is 24.3. The predicted molar refractivity (Wildman–Crippen MR) is 134 cm³/mol. The van der Waals surface area contributed by atoms with E-state index in [4.69, 9.17) is 4.74 Å². The minimum Gasteiger partial charge on any atom is -0.494 e. The van der Waals surface area contributed by atoms with Gasteiger partial charge in [-0.05, 0) is 62.1 Å². The highest BCUT2D eigenvalue weighted by molar-refractivity contribution is 9.10. The molecular weight excluding hydrogens is 513 g/mol. The number of nitrogens with one attached hydrogen (secondary N) is 1. The maximum atomic E-state index is 14.0. The Kier molecular flexibility index (Phi) is 6.38. The number of amides is 2. The molecule has 2 aromatic carbocycles. The molecule has 3 fully saturated rings. The highest BCUT2D eigenvalue weighted by atomic mass is 79.9. The largest absolute Gasteiger partial charge is 0.494 e. The fourth-order valence-corrected chi connectivity index (χ4v) is 6.71. The van der Waals surface area contributed by atoms with Crippen LogP contribution in [0.25, 0.3) is 0 Å². The van der Waals surface area contributed by atoms with Crippen LogP contribution in [0, 0.1) is 17.7 Å². The molecular formula is C27H31BrFN3O3. The van der Waals surface area contributed by atoms with Gasteiger partial charge in [-0.25, -0.2) is 4.39 Å². The Morgan fingerprint density at radius 3 is 2.63 bits per heavy atom. The summed E-state index contributed by atoms with van der Waals surface area (Å²) < 4.78 is 20.2. The zero-order valence-electron chi connectivity index (χ0n) is 20.3. The minimum atomic E-state index is -0.405. The van der Waals surface area contributed by atoms with E-state index in [0.29, 0.717) is 19.6 Å². The molecule has 0 saturated carbocycles. The number of ether oxygens (including phenoxy) is 1. The van der Waals surface area contributed by atoms with Crippen LogP contribution in [0.5, 0.6) is 5.75 Å². The summed E-state index contributed by atoms with van der Waals surface area (Å²) in [6.45, 7) is 5.65. The van der Waals surface area contributed by atoms with Crippen LogP contribution < -0.4 is 10.1 Å². The topological polar surface area (TPSA) is 61.9 Å². The molecule has 0 aliphatic carbocycles. The van der Waals surface area contributed by atoms with E-state index in [2.05, 4.69) is 26.1 Å². The standard InChI is InChI=1S/C27H31BrFN3O3/c1-16(2)31-15-27-11-10-21(32(27)14-18-6-9-20(29)22(12-18)35-3)23(24(27)26(31)34)25(33)30-13-17-4-7-19(28)8-5-17/h4-9,12,16,21,23-24H,10-11,13-15H2,1-3H3,(H,30,33)/t21-,23+,24+,27-/m0/s1. The Hall–Kier alpha value is -2.45. The van der Waals surface area contributed by atoms with Crippen LogP contribution >= 0.6 is 15.9 Å². The van der Waals surface area contributed by atoms with E-state index in [9.17, 15) is 14.0 Å². The van der Waals surface area contributed by atoms with Gasteiger partial charge in [0, 0.05) is 36.2 Å². The minimum absolute atomic E-state index is 0.0285. The molecule has 2 bridgehead atoms. The van der Waals surface area contributed by atoms with Gasteiger partial charge in [-0.3, -0.25) is 14.5 Å². The van der Waals surface area contributed by atoms with Crippen molar-refractivity contribution >= 4 is 27.7 Å². The van der Waals surface area contributed by atoms with Gasteiger partial charge < -0.3 is 15.0 Å². The van der Waals surface area contributed by atoms with Gasteiger partial charge in [0.25, 0.3) is 0 Å². The predicted octanol–water partition coefficient (Wildman–Crippen LogP) is 4.11. The van der Waals surface area contributed by atoms with Gasteiger partial charge in [0.15, 0.2) is 11.6 Å². The van der Waals surface area contributed by atoms with E-state index in [1.165, 1.54) is 13.2 Å². The van der Waals surface area contributed by atoms with E-state index in [1.807, 2.05) is 43.0 Å². The summed E-state index contributed by atoms with van der Waals surface area (Å²) >= 11 is 3.44. The van der Waals surface area contributed by atoms with Crippen LogP contribution in [0.3, 0.4) is 0 Å². The van der Waals surface area contributed by atoms with Crippen LogP contribution in [0.2, 0.25) is 0 Å². The van der Waals surface area contributed by atoms with Crippen LogP contribution in [0.15, 0.2) is 46.9 Å². The number of carbonyl (C=O) groups is 2. The van der Waals surface area contributed by atoms with Crippen molar-refractivity contribution < 1.29 is 18.7 Å². The van der Waals surface area contributed by atoms with E-state index in [1.54, 1.807) is 12.1 Å². The molecule has 3 saturated heterocycles. The maximum absolute atomic E-state index is 14.0. The molecule has 0 radical (unpaired) electrons. The highest BCUT2D eigenvalue weighted by Crippen LogP contribution is 2.58. The summed E-state index contributed by atoms with van der Waals surface area (Å²) in [7, 11) is 1.46. The van der Waals surface area contributed by atoms with Crippen LogP contribution in [0.4, 0.5) is 4.39 Å². The second kappa shape index (κ2) is 9.21. The normalized spacial score (nSPS) is 27.5. The number of fused-ring (bicyclic) bond motifs is 1. The summed E-state index contributed by atoms with van der Waals surface area (Å²) in [5.74, 6) is -0.950. The molecule has 0 aromatic heterocycles. The molecule has 5 rings (SSSR count). The van der Waals surface area contributed by atoms with Gasteiger partial charge in [0.2, 0.25) is 11.8 Å². The first-order valence-electron chi connectivity index (χ1n) is 12.2. The first-order valence-corrected chi connectivity index (χ1v) is 13.0. The van der Waals surface area contributed by atoms with Crippen molar-refractivity contribution in [2.45, 2.75) is 57.4 Å². The highest BCUT2D eigenvalue weighted by Gasteiger charge is 2.71. The fraction of sp³-hybridized carbons (Fsp3) is 0.481. The van der Waals surface area contributed by atoms with Crippen molar-refractivity contribution in [3.8, 4) is 5.75 Å². The van der Waals surface area contributed by atoms with Crippen LogP contribution in [-0.4, -0.2) is 52.9 Å². The van der Waals surface area contributed by atoms with Crippen LogP contribution in [-0.2, 0) is 22.7 Å². The third-order valence-electron chi connectivity index (χ3n) is 8.07. The van der Waals surface area contributed by atoms with Gasteiger partial charge in [-0.1, -0.05) is 34.1 Å². The number of hydrogen-bond acceptors (Lipinski definition) is 4. The molecule has 2 aromatic rings. The van der Waals surface area contributed by atoms with Crippen LogP contribution in [0.1, 0.15) is 37.8 Å². The van der Waals surface area contributed by atoms with E-state index < -0.39 is 11.7 Å². The lowest BCUT2D eigenvalue weighted by atomic mass is 9.72. The lowest BCUT2D eigenvalue weighted by Crippen LogP contribution is -2.47. The summed E-state index contributed by atoms with van der Waals surface area (Å²) in [5.41, 5.74) is 1.55. The second-order valence-electron chi connectivity index (χ2n) is 10.2. The zero-order valence-corrected chi connectivity index (χ0v) is 21.8. The number of rotatable bonds is 7. The van der Waals surface area contributed by atoms with Crippen molar-refractivity contribution in [2.75, 3.05) is 13.7 Å². The SMILES string of the molecule is COc1cc(CN2[C@H]3CC[C@@]24CN(C(C)C)C(=O)[C@H]4[C@@H]3C(=O)NCc2ccc(Br)cc2)ccc1F. The lowest BCUT2D eigenvalue weighted by Gasteiger charge is -2.35. The molecule has 4 atom stereocenters. The average Bonchev–Trinajstić information content (AvgIpc) is 3.43. The number of nitrogens with zero attached hydrogens (tertiary/aromatic N) is 2. The van der Waals surface area contributed by atoms with Gasteiger partial charge in [-0.15, -0.1) is 0 Å². The smallest absolute Gasteiger partial charge is 0.228 e. The third kappa shape index (κ3) is 4.04. The Morgan fingerprint density at radius 2 is 1.94 bits per heavy atom. The van der Waals surface area contributed by atoms with E-state index >= 15 is 0 Å². The number of halogens is 2. The molecule has 3 aliphatic heterocycles. The Morgan fingerprint density at radius 1 is 1.23 bits per heavy atom. The molecule has 3 heterocycles. The van der Waals surface area contributed by atoms with Crippen molar-refractivity contribution in [1.82, 2.24) is 15.1 Å². The number of benzene rings is 2. The lowest BCUT2D eigenvalue weighted by molar-refractivity contribution is -0.139. The third-order valence-corrected chi connectivity index (χ3v) is 8.59. The van der Waals surface area contributed by atoms with Crippen molar-refractivity contribution in [3.63, 3.8) is 0 Å². The van der Waals surface area contributed by atoms with Gasteiger partial charge in [-0.2, -0.15) is 0 Å². The second-order valence-corrected chi connectivity index (χ2v) is 11.1. The first-order chi connectivity index (χ1) is 16.7. The molecule has 8 heteroatoms. The Balaban J connectivity index is 1.43. The Labute approximate surface area is 213 Å². The number of methoxy groups -OCH3 is 1.